The Morgan fingerprint density at radius 3 is 2.29 bits per heavy atom. The lowest BCUT2D eigenvalue weighted by atomic mass is 10.1. The number of hydrogen-bond acceptors (Lipinski definition) is 4. The maximum Gasteiger partial charge on any atom is 0.251 e. The Bertz CT molecular complexity index is 793. The molecule has 0 saturated heterocycles. The third kappa shape index (κ3) is 6.88. The Kier molecular flexibility index (Phi) is 8.81. The van der Waals surface area contributed by atoms with E-state index in [9.17, 15) is 9.59 Å². The van der Waals surface area contributed by atoms with Crippen LogP contribution in [0, 0.1) is 0 Å². The average Bonchev–Trinajstić information content (AvgIpc) is 2.69. The molecule has 6 nitrogen and oxygen atoms in total. The highest BCUT2D eigenvalue weighted by atomic mass is 79.9. The number of hydrogen-bond donors (Lipinski definition) is 2. The summed E-state index contributed by atoms with van der Waals surface area (Å²) in [6.07, 6.45) is 0.652. The van der Waals surface area contributed by atoms with Gasteiger partial charge in [0.1, 0.15) is 0 Å². The normalized spacial score (nSPS) is 10.2. The van der Waals surface area contributed by atoms with Crippen LogP contribution in [0.1, 0.15) is 29.8 Å². The fraction of sp³-hybridized carbons (Fsp3) is 0.333. The predicted molar refractivity (Wildman–Crippen MR) is 112 cm³/mol. The molecule has 0 radical (unpaired) electrons. The number of benzene rings is 2. The van der Waals surface area contributed by atoms with E-state index in [0.717, 1.165) is 10.0 Å². The van der Waals surface area contributed by atoms with Crippen molar-refractivity contribution in [3.8, 4) is 11.5 Å². The molecule has 2 amide bonds. The summed E-state index contributed by atoms with van der Waals surface area (Å²) in [6, 6.07) is 12.7. The molecular weight excluding hydrogens is 424 g/mol. The summed E-state index contributed by atoms with van der Waals surface area (Å²) in [5.74, 6) is 0.902. The van der Waals surface area contributed by atoms with Crippen LogP contribution in [-0.2, 0) is 11.2 Å². The predicted octanol–water partition coefficient (Wildman–Crippen LogP) is 3.34. The van der Waals surface area contributed by atoms with Crippen molar-refractivity contribution >= 4 is 27.7 Å². The molecule has 2 aromatic carbocycles. The molecule has 0 aliphatic carbocycles. The van der Waals surface area contributed by atoms with Crippen molar-refractivity contribution in [1.82, 2.24) is 10.6 Å². The van der Waals surface area contributed by atoms with Gasteiger partial charge in [0.05, 0.1) is 19.8 Å². The fourth-order valence-corrected chi connectivity index (χ4v) is 2.79. The number of carbonyl (C=O) groups is 2. The molecule has 0 aromatic heterocycles. The fourth-order valence-electron chi connectivity index (χ4n) is 2.52. The van der Waals surface area contributed by atoms with Crippen LogP contribution in [0.5, 0.6) is 11.5 Å². The highest BCUT2D eigenvalue weighted by Gasteiger charge is 2.09. The highest BCUT2D eigenvalue weighted by Crippen LogP contribution is 2.28. The van der Waals surface area contributed by atoms with Crippen molar-refractivity contribution in [2.75, 3.05) is 26.3 Å². The first-order chi connectivity index (χ1) is 13.5. The average molecular weight is 449 g/mol. The topological polar surface area (TPSA) is 76.7 Å². The Morgan fingerprint density at radius 2 is 1.61 bits per heavy atom. The van der Waals surface area contributed by atoms with Crippen LogP contribution in [-0.4, -0.2) is 38.1 Å². The molecule has 0 unspecified atom stereocenters. The lowest BCUT2D eigenvalue weighted by Gasteiger charge is -2.12. The summed E-state index contributed by atoms with van der Waals surface area (Å²) < 4.78 is 12.0. The molecule has 0 atom stereocenters. The van der Waals surface area contributed by atoms with Gasteiger partial charge in [-0.3, -0.25) is 9.59 Å². The van der Waals surface area contributed by atoms with E-state index >= 15 is 0 Å². The smallest absolute Gasteiger partial charge is 0.251 e. The molecule has 0 aliphatic heterocycles. The van der Waals surface area contributed by atoms with Crippen LogP contribution < -0.4 is 20.1 Å². The van der Waals surface area contributed by atoms with Gasteiger partial charge in [0, 0.05) is 16.6 Å². The molecule has 150 valence electrons. The Morgan fingerprint density at radius 1 is 0.929 bits per heavy atom. The van der Waals surface area contributed by atoms with Crippen LogP contribution in [0.4, 0.5) is 0 Å². The molecule has 0 saturated carbocycles. The van der Waals surface area contributed by atoms with Gasteiger partial charge >= 0.3 is 0 Å². The first-order valence-corrected chi connectivity index (χ1v) is 10.0. The van der Waals surface area contributed by atoms with Crippen LogP contribution in [0.3, 0.4) is 0 Å². The number of carbonyl (C=O) groups excluding carboxylic acids is 2. The zero-order valence-corrected chi connectivity index (χ0v) is 17.7. The van der Waals surface area contributed by atoms with E-state index < -0.39 is 0 Å². The van der Waals surface area contributed by atoms with Gasteiger partial charge in [0.25, 0.3) is 5.91 Å². The summed E-state index contributed by atoms with van der Waals surface area (Å²) in [5.41, 5.74) is 1.54. The lowest BCUT2D eigenvalue weighted by molar-refractivity contribution is -0.120. The maximum absolute atomic E-state index is 12.0. The van der Waals surface area contributed by atoms with E-state index in [1.54, 1.807) is 24.3 Å². The SMILES string of the molecule is CCOc1ccc(CCNC(=O)CNC(=O)c2ccc(Br)cc2)cc1OCC. The number of rotatable bonds is 10. The second-order valence-corrected chi connectivity index (χ2v) is 6.85. The minimum absolute atomic E-state index is 0.0671. The molecule has 0 aliphatic rings. The van der Waals surface area contributed by atoms with E-state index in [2.05, 4.69) is 26.6 Å². The number of amides is 2. The van der Waals surface area contributed by atoms with Crippen LogP contribution in [0.15, 0.2) is 46.9 Å². The van der Waals surface area contributed by atoms with Crippen molar-refractivity contribution in [2.24, 2.45) is 0 Å². The molecule has 0 fully saturated rings. The third-order valence-corrected chi connectivity index (χ3v) is 4.39. The first kappa shape index (κ1) is 21.8. The summed E-state index contributed by atoms with van der Waals surface area (Å²) in [7, 11) is 0. The molecule has 2 aromatic rings. The van der Waals surface area contributed by atoms with Crippen LogP contribution in [0.2, 0.25) is 0 Å². The molecule has 7 heteroatoms. The molecule has 0 spiro atoms. The van der Waals surface area contributed by atoms with E-state index in [1.807, 2.05) is 32.0 Å². The number of nitrogens with one attached hydrogen (secondary N) is 2. The molecule has 28 heavy (non-hydrogen) atoms. The standard InChI is InChI=1S/C21H25BrN2O4/c1-3-27-18-10-5-15(13-19(18)28-4-2)11-12-23-20(25)14-24-21(26)16-6-8-17(22)9-7-16/h5-10,13H,3-4,11-12,14H2,1-2H3,(H,23,25)(H,24,26). The molecule has 0 bridgehead atoms. The van der Waals surface area contributed by atoms with Gasteiger partial charge in [-0.1, -0.05) is 22.0 Å². The second-order valence-electron chi connectivity index (χ2n) is 5.94. The molecule has 0 heterocycles. The second kappa shape index (κ2) is 11.3. The summed E-state index contributed by atoms with van der Waals surface area (Å²) in [5, 5.41) is 5.42. The van der Waals surface area contributed by atoms with Gasteiger partial charge in [-0.2, -0.15) is 0 Å². The highest BCUT2D eigenvalue weighted by molar-refractivity contribution is 9.10. The summed E-state index contributed by atoms with van der Waals surface area (Å²) in [6.45, 7) is 5.37. The van der Waals surface area contributed by atoms with Gasteiger partial charge in [0.15, 0.2) is 11.5 Å². The van der Waals surface area contributed by atoms with Crippen molar-refractivity contribution in [1.29, 1.82) is 0 Å². The van der Waals surface area contributed by atoms with E-state index in [0.29, 0.717) is 43.2 Å². The number of halogens is 1. The lowest BCUT2D eigenvalue weighted by Crippen LogP contribution is -2.37. The van der Waals surface area contributed by atoms with Gasteiger partial charge in [0.2, 0.25) is 5.91 Å². The van der Waals surface area contributed by atoms with Crippen molar-refractivity contribution in [3.05, 3.63) is 58.1 Å². The number of ether oxygens (including phenoxy) is 2. The summed E-state index contributed by atoms with van der Waals surface area (Å²) in [4.78, 5) is 24.0. The van der Waals surface area contributed by atoms with Gasteiger partial charge < -0.3 is 20.1 Å². The van der Waals surface area contributed by atoms with E-state index in [-0.39, 0.29) is 18.4 Å². The zero-order chi connectivity index (χ0) is 20.4. The first-order valence-electron chi connectivity index (χ1n) is 9.22. The van der Waals surface area contributed by atoms with E-state index in [4.69, 9.17) is 9.47 Å². The van der Waals surface area contributed by atoms with Crippen LogP contribution >= 0.6 is 15.9 Å². The molecule has 2 rings (SSSR count). The molecular formula is C21H25BrN2O4. The quantitative estimate of drug-likeness (QED) is 0.584. The van der Waals surface area contributed by atoms with Crippen LogP contribution in [0.25, 0.3) is 0 Å². The Hall–Kier alpha value is -2.54. The van der Waals surface area contributed by atoms with Crippen molar-refractivity contribution in [3.63, 3.8) is 0 Å². The summed E-state index contributed by atoms with van der Waals surface area (Å²) >= 11 is 3.32. The van der Waals surface area contributed by atoms with Crippen molar-refractivity contribution in [2.45, 2.75) is 20.3 Å². The molecule has 2 N–H and O–H groups in total. The largest absolute Gasteiger partial charge is 0.490 e. The van der Waals surface area contributed by atoms with Crippen molar-refractivity contribution < 1.29 is 19.1 Å². The Labute approximate surface area is 173 Å². The maximum atomic E-state index is 12.0. The Balaban J connectivity index is 1.77. The monoisotopic (exact) mass is 448 g/mol. The van der Waals surface area contributed by atoms with E-state index in [1.165, 1.54) is 0 Å². The van der Waals surface area contributed by atoms with Gasteiger partial charge in [-0.15, -0.1) is 0 Å². The van der Waals surface area contributed by atoms with Gasteiger partial charge in [-0.25, -0.2) is 0 Å². The third-order valence-electron chi connectivity index (χ3n) is 3.86. The minimum Gasteiger partial charge on any atom is -0.490 e. The van der Waals surface area contributed by atoms with Gasteiger partial charge in [-0.05, 0) is 62.2 Å². The zero-order valence-electron chi connectivity index (χ0n) is 16.1. The minimum atomic E-state index is -0.282.